The number of nitrogens with one attached hydrogen (secondary N) is 1. The molecule has 0 saturated carbocycles. The molecule has 1 fully saturated rings. The Balaban J connectivity index is 1.40. The summed E-state index contributed by atoms with van der Waals surface area (Å²) in [7, 11) is 0. The number of aromatic nitrogens is 3. The zero-order valence-electron chi connectivity index (χ0n) is 18.1. The summed E-state index contributed by atoms with van der Waals surface area (Å²) in [6.07, 6.45) is 3.78. The minimum Gasteiger partial charge on any atom is -0.441 e. The predicted molar refractivity (Wildman–Crippen MR) is 120 cm³/mol. The second kappa shape index (κ2) is 9.26. The number of benzene rings is 2. The maximum atomic E-state index is 13.6. The van der Waals surface area contributed by atoms with Gasteiger partial charge in [-0.3, -0.25) is 4.79 Å². The minimum atomic E-state index is -1.55. The zero-order chi connectivity index (χ0) is 23.7. The number of oxazole rings is 1. The number of piperidine rings is 1. The van der Waals surface area contributed by atoms with E-state index in [4.69, 9.17) is 4.42 Å². The number of nitrogens with zero attached hydrogens (tertiary/aromatic N) is 3. The van der Waals surface area contributed by atoms with E-state index in [-0.39, 0.29) is 23.4 Å². The van der Waals surface area contributed by atoms with Gasteiger partial charge < -0.3 is 9.73 Å². The van der Waals surface area contributed by atoms with Crippen LogP contribution in [-0.2, 0) is 6.54 Å². The van der Waals surface area contributed by atoms with Gasteiger partial charge in [0.15, 0.2) is 17.5 Å². The van der Waals surface area contributed by atoms with Crippen LogP contribution < -0.4 is 10.9 Å². The fourth-order valence-electron chi connectivity index (χ4n) is 4.11. The number of rotatable bonds is 5. The molecular formula is C25H21F3N4O2. The van der Waals surface area contributed by atoms with Crippen LogP contribution >= 0.6 is 0 Å². The Hall–Kier alpha value is -3.72. The SMILES string of the molecule is O=c1ccc(-c2cc(F)c(F)c(F)c2)nn1Cc1cccc(-c2ncc(C3CCNCC3)o2)c1. The van der Waals surface area contributed by atoms with E-state index in [1.54, 1.807) is 6.20 Å². The Bertz CT molecular complexity index is 1370. The molecule has 2 aromatic heterocycles. The van der Waals surface area contributed by atoms with Crippen molar-refractivity contribution >= 4 is 0 Å². The summed E-state index contributed by atoms with van der Waals surface area (Å²) in [6.45, 7) is 2.02. The summed E-state index contributed by atoms with van der Waals surface area (Å²) < 4.78 is 47.8. The monoisotopic (exact) mass is 466 g/mol. The molecule has 0 unspecified atom stereocenters. The lowest BCUT2D eigenvalue weighted by Crippen LogP contribution is -2.26. The molecule has 174 valence electrons. The van der Waals surface area contributed by atoms with Crippen LogP contribution in [0.4, 0.5) is 13.2 Å². The largest absolute Gasteiger partial charge is 0.441 e. The first kappa shape index (κ1) is 22.1. The molecule has 2 aromatic carbocycles. The Kier molecular flexibility index (Phi) is 6.02. The first-order chi connectivity index (χ1) is 16.5. The fraction of sp³-hybridized carbons (Fsp3) is 0.240. The lowest BCUT2D eigenvalue weighted by molar-refractivity contribution is 0.390. The van der Waals surface area contributed by atoms with Crippen LogP contribution in [-0.4, -0.2) is 27.9 Å². The first-order valence-corrected chi connectivity index (χ1v) is 11.0. The molecule has 0 amide bonds. The van der Waals surface area contributed by atoms with Crippen LogP contribution in [0.2, 0.25) is 0 Å². The van der Waals surface area contributed by atoms with E-state index in [2.05, 4.69) is 15.4 Å². The zero-order valence-corrected chi connectivity index (χ0v) is 18.1. The van der Waals surface area contributed by atoms with Crippen LogP contribution in [0.3, 0.4) is 0 Å². The number of halogens is 3. The van der Waals surface area contributed by atoms with Gasteiger partial charge in [-0.05, 0) is 61.8 Å². The van der Waals surface area contributed by atoms with Gasteiger partial charge in [-0.25, -0.2) is 22.8 Å². The van der Waals surface area contributed by atoms with Crippen LogP contribution in [0.25, 0.3) is 22.7 Å². The topological polar surface area (TPSA) is 73.0 Å². The van der Waals surface area contributed by atoms with Crippen LogP contribution in [0, 0.1) is 17.5 Å². The maximum Gasteiger partial charge on any atom is 0.267 e. The van der Waals surface area contributed by atoms with Crippen molar-refractivity contribution in [1.82, 2.24) is 20.1 Å². The highest BCUT2D eigenvalue weighted by Crippen LogP contribution is 2.29. The van der Waals surface area contributed by atoms with Crippen LogP contribution in [0.15, 0.2) is 63.9 Å². The summed E-state index contributed by atoms with van der Waals surface area (Å²) in [4.78, 5) is 16.8. The van der Waals surface area contributed by atoms with E-state index in [1.807, 2.05) is 24.3 Å². The highest BCUT2D eigenvalue weighted by atomic mass is 19.2. The van der Waals surface area contributed by atoms with Crippen LogP contribution in [0.1, 0.15) is 30.1 Å². The smallest absolute Gasteiger partial charge is 0.267 e. The highest BCUT2D eigenvalue weighted by molar-refractivity contribution is 5.58. The standard InChI is InChI=1S/C25H21F3N4O2/c26-19-11-18(12-20(27)24(19)28)21-4-5-23(33)32(31-21)14-15-2-1-3-17(10-15)25-30-13-22(34-25)16-6-8-29-9-7-16/h1-5,10-13,16,29H,6-9,14H2. The van der Waals surface area contributed by atoms with E-state index in [9.17, 15) is 18.0 Å². The second-order valence-electron chi connectivity index (χ2n) is 8.26. The summed E-state index contributed by atoms with van der Waals surface area (Å²) >= 11 is 0. The quantitative estimate of drug-likeness (QED) is 0.439. The van der Waals surface area contributed by atoms with E-state index >= 15 is 0 Å². The molecule has 34 heavy (non-hydrogen) atoms. The van der Waals surface area contributed by atoms with Crippen molar-refractivity contribution in [2.75, 3.05) is 13.1 Å². The van der Waals surface area contributed by atoms with Crippen molar-refractivity contribution in [3.63, 3.8) is 0 Å². The van der Waals surface area contributed by atoms with Gasteiger partial charge in [0.1, 0.15) is 5.76 Å². The first-order valence-electron chi connectivity index (χ1n) is 11.0. The predicted octanol–water partition coefficient (Wildman–Crippen LogP) is 4.50. The molecule has 1 aliphatic heterocycles. The van der Waals surface area contributed by atoms with Gasteiger partial charge in [0.05, 0.1) is 18.4 Å². The van der Waals surface area contributed by atoms with E-state index < -0.39 is 17.5 Å². The number of hydrogen-bond acceptors (Lipinski definition) is 5. The molecule has 3 heterocycles. The average Bonchev–Trinajstić information content (AvgIpc) is 3.35. The summed E-state index contributed by atoms with van der Waals surface area (Å²) in [6, 6.07) is 11.7. The van der Waals surface area contributed by atoms with Gasteiger partial charge >= 0.3 is 0 Å². The van der Waals surface area contributed by atoms with Crippen molar-refractivity contribution < 1.29 is 17.6 Å². The molecule has 6 nitrogen and oxygen atoms in total. The van der Waals surface area contributed by atoms with E-state index in [0.29, 0.717) is 11.8 Å². The molecular weight excluding hydrogens is 445 g/mol. The summed E-state index contributed by atoms with van der Waals surface area (Å²) in [5.41, 5.74) is 1.32. The lowest BCUT2D eigenvalue weighted by atomic mass is 9.96. The molecule has 0 spiro atoms. The molecule has 1 saturated heterocycles. The summed E-state index contributed by atoms with van der Waals surface area (Å²) in [5, 5.41) is 7.55. The van der Waals surface area contributed by atoms with Crippen molar-refractivity contribution in [3.05, 3.63) is 93.9 Å². The van der Waals surface area contributed by atoms with Crippen LogP contribution in [0.5, 0.6) is 0 Å². The maximum absolute atomic E-state index is 13.6. The van der Waals surface area contributed by atoms with Crippen molar-refractivity contribution in [2.24, 2.45) is 0 Å². The van der Waals surface area contributed by atoms with Gasteiger partial charge in [0.2, 0.25) is 5.89 Å². The van der Waals surface area contributed by atoms with Crippen molar-refractivity contribution in [3.8, 4) is 22.7 Å². The van der Waals surface area contributed by atoms with Crippen molar-refractivity contribution in [2.45, 2.75) is 25.3 Å². The molecule has 5 rings (SSSR count). The molecule has 0 bridgehead atoms. The molecule has 1 N–H and O–H groups in total. The molecule has 4 aromatic rings. The third kappa shape index (κ3) is 4.51. The van der Waals surface area contributed by atoms with E-state index in [0.717, 1.165) is 55.0 Å². The van der Waals surface area contributed by atoms with E-state index in [1.165, 1.54) is 16.8 Å². The van der Waals surface area contributed by atoms with Gasteiger partial charge in [0, 0.05) is 23.1 Å². The minimum absolute atomic E-state index is 0.0316. The highest BCUT2D eigenvalue weighted by Gasteiger charge is 2.20. The Morgan fingerprint density at radius 2 is 1.76 bits per heavy atom. The third-order valence-corrected chi connectivity index (χ3v) is 5.92. The second-order valence-corrected chi connectivity index (χ2v) is 8.26. The van der Waals surface area contributed by atoms with Gasteiger partial charge in [-0.15, -0.1) is 0 Å². The Morgan fingerprint density at radius 3 is 2.53 bits per heavy atom. The van der Waals surface area contributed by atoms with Gasteiger partial charge in [-0.1, -0.05) is 12.1 Å². The van der Waals surface area contributed by atoms with Crippen molar-refractivity contribution in [1.29, 1.82) is 0 Å². The van der Waals surface area contributed by atoms with Gasteiger partial charge in [0.25, 0.3) is 5.56 Å². The Labute approximate surface area is 193 Å². The third-order valence-electron chi connectivity index (χ3n) is 5.92. The Morgan fingerprint density at radius 1 is 1.00 bits per heavy atom. The molecule has 9 heteroatoms. The molecule has 0 aliphatic carbocycles. The summed E-state index contributed by atoms with van der Waals surface area (Å²) in [5.74, 6) is -2.48. The molecule has 0 atom stereocenters. The molecule has 1 aliphatic rings. The fourth-order valence-corrected chi connectivity index (χ4v) is 4.11. The average molecular weight is 466 g/mol. The molecule has 0 radical (unpaired) electrons. The lowest BCUT2D eigenvalue weighted by Gasteiger charge is -2.19. The number of hydrogen-bond donors (Lipinski definition) is 1. The normalized spacial score (nSPS) is 14.4. The van der Waals surface area contributed by atoms with Gasteiger partial charge in [-0.2, -0.15) is 5.10 Å².